The largest absolute Gasteiger partial charge is 0.508 e. The number of phenolic OH excluding ortho intramolecular Hbond substituents is 1. The maximum Gasteiger partial charge on any atom is 0.241 e. The Balaban J connectivity index is 1.52. The summed E-state index contributed by atoms with van der Waals surface area (Å²) in [4.78, 5) is 17.0. The van der Waals surface area contributed by atoms with Crippen molar-refractivity contribution in [1.82, 2.24) is 4.90 Å². The number of piperazine rings is 1. The van der Waals surface area contributed by atoms with Gasteiger partial charge in [-0.1, -0.05) is 0 Å². The molecule has 2 N–H and O–H groups in total. The third-order valence-corrected chi connectivity index (χ3v) is 4.81. The van der Waals surface area contributed by atoms with Gasteiger partial charge in [0.05, 0.1) is 13.2 Å². The number of ether oxygens (including phenoxy) is 1. The first-order valence-corrected chi connectivity index (χ1v) is 8.80. The van der Waals surface area contributed by atoms with Gasteiger partial charge in [-0.2, -0.15) is 0 Å². The summed E-state index contributed by atoms with van der Waals surface area (Å²) >= 11 is 0. The van der Waals surface area contributed by atoms with Crippen molar-refractivity contribution in [3.63, 3.8) is 0 Å². The van der Waals surface area contributed by atoms with Gasteiger partial charge in [-0.25, -0.2) is 0 Å². The van der Waals surface area contributed by atoms with E-state index in [-0.39, 0.29) is 17.7 Å². The summed E-state index contributed by atoms with van der Waals surface area (Å²) in [6.45, 7) is 5.28. The van der Waals surface area contributed by atoms with Gasteiger partial charge in [0.2, 0.25) is 5.91 Å². The Labute approximate surface area is 154 Å². The van der Waals surface area contributed by atoms with Crippen LogP contribution in [0, 0.1) is 0 Å². The van der Waals surface area contributed by atoms with E-state index in [1.165, 1.54) is 0 Å². The maximum absolute atomic E-state index is 12.5. The molecular weight excluding hydrogens is 330 g/mol. The molecule has 0 unspecified atom stereocenters. The molecule has 1 aliphatic heterocycles. The summed E-state index contributed by atoms with van der Waals surface area (Å²) in [5.74, 6) is 1.03. The van der Waals surface area contributed by atoms with Gasteiger partial charge >= 0.3 is 0 Å². The minimum atomic E-state index is -0.195. The number of rotatable bonds is 5. The fourth-order valence-electron chi connectivity index (χ4n) is 3.12. The molecule has 1 saturated heterocycles. The molecule has 2 aromatic carbocycles. The second-order valence-electron chi connectivity index (χ2n) is 6.43. The van der Waals surface area contributed by atoms with E-state index in [4.69, 9.17) is 4.74 Å². The highest BCUT2D eigenvalue weighted by molar-refractivity contribution is 5.94. The number of nitrogens with one attached hydrogen (secondary N) is 1. The smallest absolute Gasteiger partial charge is 0.241 e. The average molecular weight is 355 g/mol. The molecular formula is C20H25N3O3. The average Bonchev–Trinajstić information content (AvgIpc) is 2.69. The summed E-state index contributed by atoms with van der Waals surface area (Å²) in [5.41, 5.74) is 1.86. The number of aromatic hydroxyl groups is 1. The number of carbonyl (C=O) groups excluding carboxylic acids is 1. The maximum atomic E-state index is 12.5. The van der Waals surface area contributed by atoms with Crippen LogP contribution in [0.25, 0.3) is 0 Å². The van der Waals surface area contributed by atoms with Gasteiger partial charge in [0.15, 0.2) is 0 Å². The zero-order chi connectivity index (χ0) is 18.5. The van der Waals surface area contributed by atoms with Crippen molar-refractivity contribution in [2.24, 2.45) is 0 Å². The number of phenols is 1. The Morgan fingerprint density at radius 2 is 1.65 bits per heavy atom. The Morgan fingerprint density at radius 1 is 1.04 bits per heavy atom. The molecule has 6 nitrogen and oxygen atoms in total. The van der Waals surface area contributed by atoms with Gasteiger partial charge in [-0.05, 0) is 55.5 Å². The number of hydrogen-bond acceptors (Lipinski definition) is 5. The Hall–Kier alpha value is -2.73. The standard InChI is InChI=1S/C20H25N3O3/c1-15(20(25)21-16-3-9-19(26-2)10-4-16)22-11-13-23(14-12-22)17-5-7-18(24)8-6-17/h3-10,15,24H,11-14H2,1-2H3,(H,21,25)/t15-/m1/s1. The number of anilines is 2. The van der Waals surface area contributed by atoms with Crippen molar-refractivity contribution in [1.29, 1.82) is 0 Å². The fraction of sp³-hybridized carbons (Fsp3) is 0.350. The molecule has 0 spiro atoms. The lowest BCUT2D eigenvalue weighted by molar-refractivity contribution is -0.120. The number of amides is 1. The lowest BCUT2D eigenvalue weighted by atomic mass is 10.2. The van der Waals surface area contributed by atoms with E-state index in [2.05, 4.69) is 15.1 Å². The number of nitrogens with zero attached hydrogens (tertiary/aromatic N) is 2. The molecule has 3 rings (SSSR count). The van der Waals surface area contributed by atoms with Gasteiger partial charge in [-0.3, -0.25) is 9.69 Å². The van der Waals surface area contributed by atoms with Gasteiger partial charge in [0.25, 0.3) is 0 Å². The van der Waals surface area contributed by atoms with E-state index in [0.717, 1.165) is 43.3 Å². The van der Waals surface area contributed by atoms with Gasteiger partial charge in [0, 0.05) is 37.6 Å². The normalized spacial score (nSPS) is 16.2. The quantitative estimate of drug-likeness (QED) is 0.863. The van der Waals surface area contributed by atoms with Crippen LogP contribution < -0.4 is 15.0 Å². The molecule has 138 valence electrons. The molecule has 1 atom stereocenters. The molecule has 2 aromatic rings. The highest BCUT2D eigenvalue weighted by Crippen LogP contribution is 2.21. The van der Waals surface area contributed by atoms with Crippen LogP contribution in [0.1, 0.15) is 6.92 Å². The Bertz CT molecular complexity index is 723. The van der Waals surface area contributed by atoms with Crippen molar-refractivity contribution in [2.45, 2.75) is 13.0 Å². The van der Waals surface area contributed by atoms with Crippen LogP contribution in [0.3, 0.4) is 0 Å². The van der Waals surface area contributed by atoms with Crippen LogP contribution in [0.2, 0.25) is 0 Å². The highest BCUT2D eigenvalue weighted by atomic mass is 16.5. The van der Waals surface area contributed by atoms with Gasteiger partial charge in [0.1, 0.15) is 11.5 Å². The topological polar surface area (TPSA) is 65.0 Å². The Kier molecular flexibility index (Phi) is 5.63. The minimum absolute atomic E-state index is 0.00625. The highest BCUT2D eigenvalue weighted by Gasteiger charge is 2.25. The van der Waals surface area contributed by atoms with Crippen molar-refractivity contribution < 1.29 is 14.6 Å². The van der Waals surface area contributed by atoms with Crippen LogP contribution in [0.4, 0.5) is 11.4 Å². The summed E-state index contributed by atoms with van der Waals surface area (Å²) in [5, 5.41) is 12.4. The van der Waals surface area contributed by atoms with Crippen LogP contribution >= 0.6 is 0 Å². The number of hydrogen-bond donors (Lipinski definition) is 2. The monoisotopic (exact) mass is 355 g/mol. The van der Waals surface area contributed by atoms with Gasteiger partial charge < -0.3 is 20.1 Å². The number of carbonyl (C=O) groups is 1. The zero-order valence-electron chi connectivity index (χ0n) is 15.2. The first kappa shape index (κ1) is 18.1. The van der Waals surface area contributed by atoms with Crippen molar-refractivity contribution >= 4 is 17.3 Å². The summed E-state index contributed by atoms with van der Waals surface area (Å²) in [7, 11) is 1.62. The number of methoxy groups -OCH3 is 1. The van der Waals surface area contributed by atoms with E-state index in [1.54, 1.807) is 19.2 Å². The summed E-state index contributed by atoms with van der Waals surface area (Å²) < 4.78 is 5.13. The SMILES string of the molecule is COc1ccc(NC(=O)[C@@H](C)N2CCN(c3ccc(O)cc3)CC2)cc1. The lowest BCUT2D eigenvalue weighted by Crippen LogP contribution is -2.52. The molecule has 1 amide bonds. The first-order chi connectivity index (χ1) is 12.6. The second-order valence-corrected chi connectivity index (χ2v) is 6.43. The van der Waals surface area contributed by atoms with Crippen LogP contribution in [-0.4, -0.2) is 55.2 Å². The van der Waals surface area contributed by atoms with E-state index in [9.17, 15) is 9.90 Å². The van der Waals surface area contributed by atoms with E-state index >= 15 is 0 Å². The molecule has 0 bridgehead atoms. The molecule has 26 heavy (non-hydrogen) atoms. The third kappa shape index (κ3) is 4.26. The van der Waals surface area contributed by atoms with Crippen molar-refractivity contribution in [3.8, 4) is 11.5 Å². The van der Waals surface area contributed by atoms with Crippen molar-refractivity contribution in [3.05, 3.63) is 48.5 Å². The van der Waals surface area contributed by atoms with E-state index < -0.39 is 0 Å². The lowest BCUT2D eigenvalue weighted by Gasteiger charge is -2.38. The van der Waals surface area contributed by atoms with E-state index in [0.29, 0.717) is 0 Å². The van der Waals surface area contributed by atoms with Gasteiger partial charge in [-0.15, -0.1) is 0 Å². The first-order valence-electron chi connectivity index (χ1n) is 8.80. The molecule has 0 aromatic heterocycles. The van der Waals surface area contributed by atoms with Crippen LogP contribution in [0.5, 0.6) is 11.5 Å². The van der Waals surface area contributed by atoms with Crippen molar-refractivity contribution in [2.75, 3.05) is 43.5 Å². The molecule has 1 fully saturated rings. The summed E-state index contributed by atoms with van der Waals surface area (Å²) in [6, 6.07) is 14.4. The molecule has 6 heteroatoms. The zero-order valence-corrected chi connectivity index (χ0v) is 15.2. The third-order valence-electron chi connectivity index (χ3n) is 4.81. The second kappa shape index (κ2) is 8.10. The molecule has 1 heterocycles. The molecule has 1 aliphatic rings. The van der Waals surface area contributed by atoms with Crippen LogP contribution in [-0.2, 0) is 4.79 Å². The predicted octanol–water partition coefficient (Wildman–Crippen LogP) is 2.55. The fourth-order valence-corrected chi connectivity index (χ4v) is 3.12. The molecule has 0 aliphatic carbocycles. The summed E-state index contributed by atoms with van der Waals surface area (Å²) in [6.07, 6.45) is 0. The number of benzene rings is 2. The molecule has 0 saturated carbocycles. The van der Waals surface area contributed by atoms with Crippen LogP contribution in [0.15, 0.2) is 48.5 Å². The Morgan fingerprint density at radius 3 is 2.23 bits per heavy atom. The minimum Gasteiger partial charge on any atom is -0.508 e. The molecule has 0 radical (unpaired) electrons. The predicted molar refractivity (Wildman–Crippen MR) is 103 cm³/mol. The van der Waals surface area contributed by atoms with E-state index in [1.807, 2.05) is 43.3 Å².